The molecule has 86 valence electrons. The molecule has 0 saturated carbocycles. The maximum atomic E-state index is 11.3. The minimum atomic E-state index is 0.0933. The van der Waals surface area contributed by atoms with Gasteiger partial charge in [-0.1, -0.05) is 35.9 Å². The normalized spacial score (nSPS) is 10.3. The number of rotatable bonds is 2. The lowest BCUT2D eigenvalue weighted by Gasteiger charge is -2.07. The number of hydrogen-bond acceptors (Lipinski definition) is 1. The molecule has 0 aliphatic heterocycles. The Morgan fingerprint density at radius 1 is 1.06 bits per heavy atom. The average Bonchev–Trinajstić information content (AvgIpc) is 2.30. The molecule has 0 aliphatic rings. The van der Waals surface area contributed by atoms with Gasteiger partial charge in [-0.3, -0.25) is 4.79 Å². The van der Waals surface area contributed by atoms with E-state index < -0.39 is 0 Å². The maximum absolute atomic E-state index is 11.3. The topological polar surface area (TPSA) is 17.1 Å². The lowest BCUT2D eigenvalue weighted by Crippen LogP contribution is -1.93. The number of ketones is 1. The Labute approximate surface area is 106 Å². The molecule has 0 N–H and O–H groups in total. The number of aryl methyl sites for hydroxylation is 1. The Bertz CT molecular complexity index is 556. The molecule has 0 aliphatic carbocycles. The molecule has 0 atom stereocenters. The first-order chi connectivity index (χ1) is 8.08. The first-order valence-electron chi connectivity index (χ1n) is 5.45. The monoisotopic (exact) mass is 244 g/mol. The van der Waals surface area contributed by atoms with Crippen LogP contribution in [-0.4, -0.2) is 5.78 Å². The molecule has 1 nitrogen and oxygen atoms in total. The lowest BCUT2D eigenvalue weighted by atomic mass is 9.97. The van der Waals surface area contributed by atoms with Crippen molar-refractivity contribution in [2.75, 3.05) is 0 Å². The van der Waals surface area contributed by atoms with Crippen LogP contribution in [0.15, 0.2) is 42.5 Å². The van der Waals surface area contributed by atoms with E-state index in [0.29, 0.717) is 0 Å². The molecule has 0 saturated heterocycles. The van der Waals surface area contributed by atoms with E-state index in [9.17, 15) is 4.79 Å². The molecule has 2 heteroatoms. The van der Waals surface area contributed by atoms with Gasteiger partial charge in [-0.25, -0.2) is 0 Å². The van der Waals surface area contributed by atoms with Crippen molar-refractivity contribution < 1.29 is 4.79 Å². The molecule has 0 amide bonds. The summed E-state index contributed by atoms with van der Waals surface area (Å²) in [5.74, 6) is 0.0933. The zero-order chi connectivity index (χ0) is 12.4. The van der Waals surface area contributed by atoms with Gasteiger partial charge in [0.15, 0.2) is 5.78 Å². The molecule has 0 bridgehead atoms. The van der Waals surface area contributed by atoms with Gasteiger partial charge in [-0.05, 0) is 48.7 Å². The molecule has 0 unspecified atom stereocenters. The second kappa shape index (κ2) is 4.72. The summed E-state index contributed by atoms with van der Waals surface area (Å²) in [7, 11) is 0. The first kappa shape index (κ1) is 11.9. The zero-order valence-corrected chi connectivity index (χ0v) is 10.6. The van der Waals surface area contributed by atoms with Crippen LogP contribution in [-0.2, 0) is 0 Å². The number of carbonyl (C=O) groups excluding carboxylic acids is 1. The van der Waals surface area contributed by atoms with Gasteiger partial charge in [0.1, 0.15) is 0 Å². The van der Waals surface area contributed by atoms with Crippen molar-refractivity contribution in [3.8, 4) is 11.1 Å². The molecule has 2 aromatic carbocycles. The minimum absolute atomic E-state index is 0.0933. The zero-order valence-electron chi connectivity index (χ0n) is 9.83. The highest BCUT2D eigenvalue weighted by atomic mass is 35.5. The smallest absolute Gasteiger partial charge is 0.159 e. The third-order valence-electron chi connectivity index (χ3n) is 2.79. The SMILES string of the molecule is CC(=O)c1ccc(-c2ccc(Cl)cc2)c(C)c1. The van der Waals surface area contributed by atoms with Crippen LogP contribution in [0.3, 0.4) is 0 Å². The van der Waals surface area contributed by atoms with E-state index in [-0.39, 0.29) is 5.78 Å². The third-order valence-corrected chi connectivity index (χ3v) is 3.04. The van der Waals surface area contributed by atoms with Crippen LogP contribution in [0, 0.1) is 6.92 Å². The van der Waals surface area contributed by atoms with Crippen LogP contribution in [0.1, 0.15) is 22.8 Å². The summed E-state index contributed by atoms with van der Waals surface area (Å²) in [4.78, 5) is 11.3. The minimum Gasteiger partial charge on any atom is -0.295 e. The Morgan fingerprint density at radius 3 is 2.24 bits per heavy atom. The second-order valence-corrected chi connectivity index (χ2v) is 4.53. The summed E-state index contributed by atoms with van der Waals surface area (Å²) in [6, 6.07) is 13.5. The van der Waals surface area contributed by atoms with E-state index in [1.807, 2.05) is 49.4 Å². The number of Topliss-reactive ketones (excluding diaryl/α,β-unsaturated/α-hetero) is 1. The largest absolute Gasteiger partial charge is 0.295 e. The van der Waals surface area contributed by atoms with E-state index >= 15 is 0 Å². The lowest BCUT2D eigenvalue weighted by molar-refractivity contribution is 0.101. The van der Waals surface area contributed by atoms with Crippen LogP contribution in [0.5, 0.6) is 0 Å². The Kier molecular flexibility index (Phi) is 3.30. The summed E-state index contributed by atoms with van der Waals surface area (Å²) in [6.07, 6.45) is 0. The second-order valence-electron chi connectivity index (χ2n) is 4.09. The van der Waals surface area contributed by atoms with Gasteiger partial charge in [0, 0.05) is 10.6 Å². The highest BCUT2D eigenvalue weighted by molar-refractivity contribution is 6.30. The van der Waals surface area contributed by atoms with E-state index in [4.69, 9.17) is 11.6 Å². The van der Waals surface area contributed by atoms with Crippen LogP contribution >= 0.6 is 11.6 Å². The van der Waals surface area contributed by atoms with Crippen LogP contribution < -0.4 is 0 Å². The highest BCUT2D eigenvalue weighted by Crippen LogP contribution is 2.25. The summed E-state index contributed by atoms with van der Waals surface area (Å²) < 4.78 is 0. The van der Waals surface area contributed by atoms with Crippen molar-refractivity contribution in [2.45, 2.75) is 13.8 Å². The van der Waals surface area contributed by atoms with Gasteiger partial charge in [0.2, 0.25) is 0 Å². The van der Waals surface area contributed by atoms with Crippen molar-refractivity contribution in [1.29, 1.82) is 0 Å². The van der Waals surface area contributed by atoms with Gasteiger partial charge >= 0.3 is 0 Å². The molecule has 2 aromatic rings. The molecule has 0 heterocycles. The van der Waals surface area contributed by atoms with Crippen molar-refractivity contribution >= 4 is 17.4 Å². The molecule has 17 heavy (non-hydrogen) atoms. The molecule has 0 aromatic heterocycles. The molecule has 0 fully saturated rings. The molecule has 0 spiro atoms. The third kappa shape index (κ3) is 2.56. The Balaban J connectivity index is 2.46. The fourth-order valence-electron chi connectivity index (χ4n) is 1.84. The van der Waals surface area contributed by atoms with Gasteiger partial charge in [-0.15, -0.1) is 0 Å². The predicted octanol–water partition coefficient (Wildman–Crippen LogP) is 4.52. The fraction of sp³-hybridized carbons (Fsp3) is 0.133. The summed E-state index contributed by atoms with van der Waals surface area (Å²) in [5, 5.41) is 0.728. The van der Waals surface area contributed by atoms with Crippen molar-refractivity contribution in [1.82, 2.24) is 0 Å². The number of carbonyl (C=O) groups is 1. The predicted molar refractivity (Wildman–Crippen MR) is 71.6 cm³/mol. The van der Waals surface area contributed by atoms with Gasteiger partial charge in [-0.2, -0.15) is 0 Å². The highest BCUT2D eigenvalue weighted by Gasteiger charge is 2.05. The Hall–Kier alpha value is -1.60. The number of halogens is 1. The van der Waals surface area contributed by atoms with Crippen LogP contribution in [0.2, 0.25) is 5.02 Å². The molecular weight excluding hydrogens is 232 g/mol. The molecule has 2 rings (SSSR count). The summed E-state index contributed by atoms with van der Waals surface area (Å²) in [6.45, 7) is 3.59. The van der Waals surface area contributed by atoms with Crippen molar-refractivity contribution in [3.05, 3.63) is 58.6 Å². The average molecular weight is 245 g/mol. The van der Waals surface area contributed by atoms with Crippen LogP contribution in [0.25, 0.3) is 11.1 Å². The van der Waals surface area contributed by atoms with Gasteiger partial charge < -0.3 is 0 Å². The van der Waals surface area contributed by atoms with E-state index in [2.05, 4.69) is 0 Å². The standard InChI is InChI=1S/C15H13ClO/c1-10-9-13(11(2)17)5-8-15(10)12-3-6-14(16)7-4-12/h3-9H,1-2H3. The van der Waals surface area contributed by atoms with Crippen molar-refractivity contribution in [2.24, 2.45) is 0 Å². The first-order valence-corrected chi connectivity index (χ1v) is 5.83. The maximum Gasteiger partial charge on any atom is 0.159 e. The fourth-order valence-corrected chi connectivity index (χ4v) is 1.96. The van der Waals surface area contributed by atoms with E-state index in [0.717, 1.165) is 27.3 Å². The Morgan fingerprint density at radius 2 is 1.71 bits per heavy atom. The van der Waals surface area contributed by atoms with E-state index in [1.165, 1.54) is 0 Å². The van der Waals surface area contributed by atoms with Gasteiger partial charge in [0.05, 0.1) is 0 Å². The number of benzene rings is 2. The van der Waals surface area contributed by atoms with Crippen molar-refractivity contribution in [3.63, 3.8) is 0 Å². The van der Waals surface area contributed by atoms with E-state index in [1.54, 1.807) is 6.92 Å². The summed E-state index contributed by atoms with van der Waals surface area (Å²) >= 11 is 5.86. The van der Waals surface area contributed by atoms with Gasteiger partial charge in [0.25, 0.3) is 0 Å². The summed E-state index contributed by atoms with van der Waals surface area (Å²) in [5.41, 5.74) is 4.09. The molecular formula is C15H13ClO. The number of hydrogen-bond donors (Lipinski definition) is 0. The quantitative estimate of drug-likeness (QED) is 0.710. The molecule has 0 radical (unpaired) electrons. The van der Waals surface area contributed by atoms with Crippen LogP contribution in [0.4, 0.5) is 0 Å².